The molecule has 0 saturated carbocycles. The molecule has 0 saturated heterocycles. The molecule has 29 heavy (non-hydrogen) atoms. The van der Waals surface area contributed by atoms with Crippen molar-refractivity contribution in [3.05, 3.63) is 59.2 Å². The van der Waals surface area contributed by atoms with Crippen molar-refractivity contribution in [1.82, 2.24) is 15.5 Å². The Bertz CT molecular complexity index is 788. The Labute approximate surface area is 174 Å². The molecular weight excluding hydrogens is 364 g/mol. The number of guanidine groups is 1. The van der Waals surface area contributed by atoms with Crippen molar-refractivity contribution in [2.24, 2.45) is 4.99 Å². The van der Waals surface area contributed by atoms with Crippen molar-refractivity contribution in [2.75, 3.05) is 34.4 Å². The highest BCUT2D eigenvalue weighted by Crippen LogP contribution is 2.27. The minimum Gasteiger partial charge on any atom is -0.493 e. The number of rotatable bonds is 10. The quantitative estimate of drug-likeness (QED) is 0.474. The highest BCUT2D eigenvalue weighted by molar-refractivity contribution is 5.79. The van der Waals surface area contributed by atoms with Gasteiger partial charge in [-0.2, -0.15) is 0 Å². The third kappa shape index (κ3) is 6.98. The molecule has 0 atom stereocenters. The average molecular weight is 399 g/mol. The molecule has 2 aromatic carbocycles. The van der Waals surface area contributed by atoms with Crippen LogP contribution in [-0.2, 0) is 19.6 Å². The van der Waals surface area contributed by atoms with E-state index >= 15 is 0 Å². The molecule has 6 nitrogen and oxygen atoms in total. The van der Waals surface area contributed by atoms with Crippen LogP contribution in [0.2, 0.25) is 0 Å². The van der Waals surface area contributed by atoms with Gasteiger partial charge in [0.1, 0.15) is 0 Å². The van der Waals surface area contributed by atoms with Crippen LogP contribution in [0.4, 0.5) is 0 Å². The van der Waals surface area contributed by atoms with Gasteiger partial charge >= 0.3 is 0 Å². The van der Waals surface area contributed by atoms with Crippen molar-refractivity contribution in [2.45, 2.75) is 33.5 Å². The zero-order valence-corrected chi connectivity index (χ0v) is 18.3. The van der Waals surface area contributed by atoms with Crippen LogP contribution in [0.5, 0.6) is 11.5 Å². The van der Waals surface area contributed by atoms with Gasteiger partial charge in [-0.25, -0.2) is 0 Å². The second-order valence-corrected chi connectivity index (χ2v) is 6.75. The van der Waals surface area contributed by atoms with Gasteiger partial charge in [-0.1, -0.05) is 44.2 Å². The summed E-state index contributed by atoms with van der Waals surface area (Å²) in [5, 5.41) is 6.73. The van der Waals surface area contributed by atoms with E-state index in [1.54, 1.807) is 21.3 Å². The van der Waals surface area contributed by atoms with E-state index < -0.39 is 0 Å². The summed E-state index contributed by atoms with van der Waals surface area (Å²) in [5.41, 5.74) is 3.66. The first-order chi connectivity index (χ1) is 14.1. The molecule has 0 aliphatic rings. The van der Waals surface area contributed by atoms with Crippen molar-refractivity contribution in [3.63, 3.8) is 0 Å². The number of benzene rings is 2. The fraction of sp³-hybridized carbons (Fsp3) is 0.435. The van der Waals surface area contributed by atoms with Crippen LogP contribution in [0, 0.1) is 0 Å². The van der Waals surface area contributed by atoms with Crippen molar-refractivity contribution < 1.29 is 9.47 Å². The number of methoxy groups -OCH3 is 2. The van der Waals surface area contributed by atoms with E-state index in [9.17, 15) is 0 Å². The summed E-state index contributed by atoms with van der Waals surface area (Å²) in [7, 11) is 5.06. The van der Waals surface area contributed by atoms with E-state index in [1.807, 2.05) is 18.2 Å². The smallest absolute Gasteiger partial charge is 0.191 e. The third-order valence-corrected chi connectivity index (χ3v) is 4.88. The van der Waals surface area contributed by atoms with Gasteiger partial charge in [-0.3, -0.25) is 9.89 Å². The van der Waals surface area contributed by atoms with Gasteiger partial charge < -0.3 is 20.1 Å². The van der Waals surface area contributed by atoms with E-state index in [4.69, 9.17) is 9.47 Å². The van der Waals surface area contributed by atoms with Crippen LogP contribution in [0.15, 0.2) is 47.5 Å². The topological polar surface area (TPSA) is 58.1 Å². The molecule has 0 spiro atoms. The normalized spacial score (nSPS) is 11.4. The molecule has 2 N–H and O–H groups in total. The SMILES string of the molecule is CCN(CC)Cc1cccc(CNC(=NC)NCc2ccc(OC)c(OC)c2)c1. The molecule has 0 heterocycles. The lowest BCUT2D eigenvalue weighted by Gasteiger charge is -2.18. The lowest BCUT2D eigenvalue weighted by Crippen LogP contribution is -2.36. The first kappa shape index (κ1) is 22.6. The Morgan fingerprint density at radius 1 is 0.862 bits per heavy atom. The monoisotopic (exact) mass is 398 g/mol. The second-order valence-electron chi connectivity index (χ2n) is 6.75. The van der Waals surface area contributed by atoms with Crippen LogP contribution in [-0.4, -0.2) is 45.2 Å². The lowest BCUT2D eigenvalue weighted by atomic mass is 10.1. The highest BCUT2D eigenvalue weighted by Gasteiger charge is 2.06. The maximum atomic E-state index is 5.37. The van der Waals surface area contributed by atoms with Crippen LogP contribution in [0.1, 0.15) is 30.5 Å². The summed E-state index contributed by atoms with van der Waals surface area (Å²) >= 11 is 0. The average Bonchev–Trinajstić information content (AvgIpc) is 2.77. The van der Waals surface area contributed by atoms with E-state index in [0.717, 1.165) is 49.2 Å². The summed E-state index contributed by atoms with van der Waals surface area (Å²) < 4.78 is 10.7. The molecule has 0 aliphatic heterocycles. The number of nitrogens with zero attached hydrogens (tertiary/aromatic N) is 2. The van der Waals surface area contributed by atoms with Crippen LogP contribution < -0.4 is 20.1 Å². The molecule has 0 unspecified atom stereocenters. The van der Waals surface area contributed by atoms with E-state index in [-0.39, 0.29) is 0 Å². The third-order valence-electron chi connectivity index (χ3n) is 4.88. The summed E-state index contributed by atoms with van der Waals surface area (Å²) in [5.74, 6) is 2.21. The molecule has 0 fully saturated rings. The fourth-order valence-electron chi connectivity index (χ4n) is 3.13. The molecular formula is C23H34N4O2. The van der Waals surface area contributed by atoms with Crippen LogP contribution in [0.3, 0.4) is 0 Å². The first-order valence-corrected chi connectivity index (χ1v) is 10.1. The van der Waals surface area contributed by atoms with Gasteiger partial charge in [0.05, 0.1) is 14.2 Å². The van der Waals surface area contributed by atoms with Crippen molar-refractivity contribution in [3.8, 4) is 11.5 Å². The fourth-order valence-corrected chi connectivity index (χ4v) is 3.13. The molecule has 2 aromatic rings. The Balaban J connectivity index is 1.91. The zero-order chi connectivity index (χ0) is 21.1. The molecule has 0 bridgehead atoms. The summed E-state index contributed by atoms with van der Waals surface area (Å²) in [6.45, 7) is 8.86. The highest BCUT2D eigenvalue weighted by atomic mass is 16.5. The zero-order valence-electron chi connectivity index (χ0n) is 18.3. The molecule has 0 radical (unpaired) electrons. The molecule has 6 heteroatoms. The number of hydrogen-bond acceptors (Lipinski definition) is 4. The Morgan fingerprint density at radius 2 is 1.48 bits per heavy atom. The number of hydrogen-bond donors (Lipinski definition) is 2. The Morgan fingerprint density at radius 3 is 2.07 bits per heavy atom. The van der Waals surface area contributed by atoms with Gasteiger partial charge in [-0.05, 0) is 41.9 Å². The van der Waals surface area contributed by atoms with E-state index in [0.29, 0.717) is 6.54 Å². The van der Waals surface area contributed by atoms with Crippen molar-refractivity contribution >= 4 is 5.96 Å². The van der Waals surface area contributed by atoms with E-state index in [2.05, 4.69) is 58.6 Å². The molecule has 0 aliphatic carbocycles. The van der Waals surface area contributed by atoms with Gasteiger partial charge in [-0.15, -0.1) is 0 Å². The maximum absolute atomic E-state index is 5.37. The van der Waals surface area contributed by atoms with Gasteiger partial charge in [0.25, 0.3) is 0 Å². The van der Waals surface area contributed by atoms with Gasteiger partial charge in [0.15, 0.2) is 17.5 Å². The first-order valence-electron chi connectivity index (χ1n) is 10.1. The van der Waals surface area contributed by atoms with Crippen molar-refractivity contribution in [1.29, 1.82) is 0 Å². The van der Waals surface area contributed by atoms with Gasteiger partial charge in [0.2, 0.25) is 0 Å². The minimum atomic E-state index is 0.641. The Kier molecular flexibility index (Phi) is 9.31. The number of ether oxygens (including phenoxy) is 2. The van der Waals surface area contributed by atoms with Gasteiger partial charge in [0, 0.05) is 26.7 Å². The van der Waals surface area contributed by atoms with E-state index in [1.165, 1.54) is 11.1 Å². The standard InChI is InChI=1S/C23H34N4O2/c1-6-27(7-2)17-20-10-8-9-18(13-20)15-25-23(24-3)26-16-19-11-12-21(28-4)22(14-19)29-5/h8-14H,6-7,15-17H2,1-5H3,(H2,24,25,26). The molecule has 0 amide bonds. The molecule has 0 aromatic heterocycles. The predicted molar refractivity (Wildman–Crippen MR) is 120 cm³/mol. The maximum Gasteiger partial charge on any atom is 0.191 e. The summed E-state index contributed by atoms with van der Waals surface area (Å²) in [6, 6.07) is 14.6. The van der Waals surface area contributed by atoms with Crippen LogP contribution in [0.25, 0.3) is 0 Å². The minimum absolute atomic E-state index is 0.641. The summed E-state index contributed by atoms with van der Waals surface area (Å²) in [4.78, 5) is 6.73. The Hall–Kier alpha value is -2.73. The largest absolute Gasteiger partial charge is 0.493 e. The molecule has 2 rings (SSSR count). The lowest BCUT2D eigenvalue weighted by molar-refractivity contribution is 0.296. The second kappa shape index (κ2) is 12.0. The number of nitrogens with one attached hydrogen (secondary N) is 2. The molecule has 158 valence electrons. The number of aliphatic imine (C=N–C) groups is 1. The predicted octanol–water partition coefficient (Wildman–Crippen LogP) is 3.41. The van der Waals surface area contributed by atoms with Crippen LogP contribution >= 0.6 is 0 Å². The summed E-state index contributed by atoms with van der Waals surface area (Å²) in [6.07, 6.45) is 0.